The lowest BCUT2D eigenvalue weighted by atomic mass is 10.1. The van der Waals surface area contributed by atoms with Crippen molar-refractivity contribution >= 4 is 33.9 Å². The van der Waals surface area contributed by atoms with E-state index in [2.05, 4.69) is 25.1 Å². The molecule has 1 saturated carbocycles. The van der Waals surface area contributed by atoms with Gasteiger partial charge < -0.3 is 14.5 Å². The van der Waals surface area contributed by atoms with Crippen molar-refractivity contribution in [2.75, 3.05) is 39.2 Å². The van der Waals surface area contributed by atoms with Crippen LogP contribution in [-0.4, -0.2) is 61.6 Å². The number of methoxy groups -OCH3 is 1. The number of aryl methyl sites for hydroxylation is 1. The Kier molecular flexibility index (Phi) is 6.56. The maximum atomic E-state index is 13.9. The quantitative estimate of drug-likeness (QED) is 0.492. The Hall–Kier alpha value is -3.26. The van der Waals surface area contributed by atoms with E-state index in [9.17, 15) is 4.79 Å². The van der Waals surface area contributed by atoms with Crippen LogP contribution in [0.1, 0.15) is 41.7 Å². The SMILES string of the molecule is COC1=CC=C2N=C(CCN(CC3CC3)C(=O)c3nc(N(C)C)sc3-c3cccc(C)c3)N=C2C1. The molecule has 1 aliphatic heterocycles. The molecule has 0 N–H and O–H groups in total. The summed E-state index contributed by atoms with van der Waals surface area (Å²) < 4.78 is 5.36. The van der Waals surface area contributed by atoms with Gasteiger partial charge in [0.15, 0.2) is 5.13 Å². The number of amides is 1. The fourth-order valence-electron chi connectivity index (χ4n) is 4.25. The van der Waals surface area contributed by atoms with Crippen LogP contribution in [0.25, 0.3) is 10.4 Å². The predicted octanol–water partition coefficient (Wildman–Crippen LogP) is 5.10. The fraction of sp³-hybridized carbons (Fsp3) is 0.407. The Morgan fingerprint density at radius 3 is 2.74 bits per heavy atom. The minimum atomic E-state index is -0.0102. The summed E-state index contributed by atoms with van der Waals surface area (Å²) in [5.41, 5.74) is 4.58. The molecule has 1 amide bonds. The van der Waals surface area contributed by atoms with Gasteiger partial charge in [0.2, 0.25) is 0 Å². The molecule has 2 aliphatic carbocycles. The molecule has 0 saturated heterocycles. The van der Waals surface area contributed by atoms with Gasteiger partial charge in [0, 0.05) is 40.0 Å². The predicted molar refractivity (Wildman–Crippen MR) is 143 cm³/mol. The molecule has 7 nitrogen and oxygen atoms in total. The van der Waals surface area contributed by atoms with Gasteiger partial charge in [0.05, 0.1) is 23.4 Å². The normalized spacial score (nSPS) is 16.7. The number of ether oxygens (including phenoxy) is 1. The number of allylic oxidation sites excluding steroid dienone is 4. The van der Waals surface area contributed by atoms with Gasteiger partial charge in [-0.2, -0.15) is 0 Å². The minimum absolute atomic E-state index is 0.0102. The molecule has 8 heteroatoms. The molecule has 3 aliphatic rings. The van der Waals surface area contributed by atoms with Gasteiger partial charge in [0.25, 0.3) is 5.91 Å². The van der Waals surface area contributed by atoms with E-state index >= 15 is 0 Å². The summed E-state index contributed by atoms with van der Waals surface area (Å²) in [5.74, 6) is 2.23. The lowest BCUT2D eigenvalue weighted by Gasteiger charge is -2.22. The molecule has 182 valence electrons. The third-order valence-corrected chi connectivity index (χ3v) is 7.66. The first-order chi connectivity index (χ1) is 16.9. The van der Waals surface area contributed by atoms with Crippen molar-refractivity contribution < 1.29 is 9.53 Å². The summed E-state index contributed by atoms with van der Waals surface area (Å²) in [6.45, 7) is 3.40. The number of anilines is 1. The molecule has 0 atom stereocenters. The second-order valence-corrected chi connectivity index (χ2v) is 10.5. The van der Waals surface area contributed by atoms with Crippen molar-refractivity contribution in [3.8, 4) is 10.4 Å². The van der Waals surface area contributed by atoms with E-state index in [1.165, 1.54) is 12.8 Å². The number of thiazole rings is 1. The largest absolute Gasteiger partial charge is 0.501 e. The zero-order valence-electron chi connectivity index (χ0n) is 20.7. The standard InChI is InChI=1S/C27H31N5O2S/c1-17-6-5-7-19(14-17)25-24(30-27(35-25)31(2)3)26(33)32(16-18-8-9-18)13-12-23-28-21-11-10-20(34-4)15-22(21)29-23/h5-7,10-11,14,18H,8-9,12-13,15-16H2,1-4H3. The minimum Gasteiger partial charge on any atom is -0.501 e. The molecule has 0 radical (unpaired) electrons. The summed E-state index contributed by atoms with van der Waals surface area (Å²) in [4.78, 5) is 33.0. The smallest absolute Gasteiger partial charge is 0.274 e. The number of carbonyl (C=O) groups is 1. The molecular weight excluding hydrogens is 458 g/mol. The Morgan fingerprint density at radius 2 is 2.03 bits per heavy atom. The lowest BCUT2D eigenvalue weighted by molar-refractivity contribution is 0.0748. The van der Waals surface area contributed by atoms with E-state index < -0.39 is 0 Å². The lowest BCUT2D eigenvalue weighted by Crippen LogP contribution is -2.35. The van der Waals surface area contributed by atoms with E-state index in [-0.39, 0.29) is 5.91 Å². The van der Waals surface area contributed by atoms with Crippen LogP contribution in [0.15, 0.2) is 57.9 Å². The Morgan fingerprint density at radius 1 is 1.20 bits per heavy atom. The third-order valence-electron chi connectivity index (χ3n) is 6.39. The van der Waals surface area contributed by atoms with Crippen molar-refractivity contribution in [2.45, 2.75) is 32.6 Å². The summed E-state index contributed by atoms with van der Waals surface area (Å²) in [5, 5.41) is 0.834. The maximum absolute atomic E-state index is 13.9. The van der Waals surface area contributed by atoms with Crippen molar-refractivity contribution in [1.29, 1.82) is 0 Å². The van der Waals surface area contributed by atoms with E-state index in [4.69, 9.17) is 19.7 Å². The van der Waals surface area contributed by atoms with Gasteiger partial charge in [-0.1, -0.05) is 41.2 Å². The van der Waals surface area contributed by atoms with Crippen LogP contribution < -0.4 is 4.90 Å². The van der Waals surface area contributed by atoms with Crippen LogP contribution in [0.4, 0.5) is 5.13 Å². The monoisotopic (exact) mass is 489 g/mol. The highest BCUT2D eigenvalue weighted by Crippen LogP contribution is 2.36. The average Bonchev–Trinajstić information content (AvgIpc) is 3.39. The highest BCUT2D eigenvalue weighted by molar-refractivity contribution is 7.19. The van der Waals surface area contributed by atoms with Crippen LogP contribution in [-0.2, 0) is 4.74 Å². The first-order valence-corrected chi connectivity index (χ1v) is 12.9. The molecule has 1 aromatic carbocycles. The summed E-state index contributed by atoms with van der Waals surface area (Å²) >= 11 is 1.57. The number of fused-ring (bicyclic) bond motifs is 1. The first-order valence-electron chi connectivity index (χ1n) is 12.1. The van der Waals surface area contributed by atoms with Gasteiger partial charge in [-0.25, -0.2) is 15.0 Å². The van der Waals surface area contributed by atoms with Crippen molar-refractivity contribution in [1.82, 2.24) is 9.88 Å². The molecule has 5 rings (SSSR count). The number of aliphatic imine (C=N–C) groups is 2. The highest BCUT2D eigenvalue weighted by atomic mass is 32.1. The Labute approximate surface area is 210 Å². The van der Waals surface area contributed by atoms with Crippen molar-refractivity contribution in [3.05, 3.63) is 59.1 Å². The van der Waals surface area contributed by atoms with Gasteiger partial charge >= 0.3 is 0 Å². The van der Waals surface area contributed by atoms with Crippen LogP contribution >= 0.6 is 11.3 Å². The molecule has 0 bridgehead atoms. The Bertz CT molecular complexity index is 1270. The van der Waals surface area contributed by atoms with E-state index in [1.54, 1.807) is 18.4 Å². The fourth-order valence-corrected chi connectivity index (χ4v) is 5.23. The zero-order chi connectivity index (χ0) is 24.5. The van der Waals surface area contributed by atoms with Gasteiger partial charge in [-0.15, -0.1) is 0 Å². The van der Waals surface area contributed by atoms with E-state index in [0.29, 0.717) is 31.0 Å². The van der Waals surface area contributed by atoms with E-state index in [1.807, 2.05) is 42.1 Å². The number of amidine groups is 1. The van der Waals surface area contributed by atoms with Crippen LogP contribution in [0.5, 0.6) is 0 Å². The van der Waals surface area contributed by atoms with Crippen molar-refractivity contribution in [3.63, 3.8) is 0 Å². The van der Waals surface area contributed by atoms with Gasteiger partial charge in [-0.3, -0.25) is 4.79 Å². The maximum Gasteiger partial charge on any atom is 0.274 e. The summed E-state index contributed by atoms with van der Waals surface area (Å²) in [6, 6.07) is 8.28. The molecule has 0 spiro atoms. The van der Waals surface area contributed by atoms with Crippen LogP contribution in [0, 0.1) is 12.8 Å². The van der Waals surface area contributed by atoms with Crippen LogP contribution in [0.2, 0.25) is 0 Å². The molecule has 0 unspecified atom stereocenters. The molecule has 2 aromatic rings. The zero-order valence-corrected chi connectivity index (χ0v) is 21.6. The number of benzene rings is 1. The van der Waals surface area contributed by atoms with Gasteiger partial charge in [-0.05, 0) is 43.4 Å². The number of aromatic nitrogens is 1. The summed E-state index contributed by atoms with van der Waals surface area (Å²) in [6.07, 6.45) is 7.53. The summed E-state index contributed by atoms with van der Waals surface area (Å²) in [7, 11) is 5.60. The number of nitrogens with zero attached hydrogens (tertiary/aromatic N) is 5. The van der Waals surface area contributed by atoms with Gasteiger partial charge in [0.1, 0.15) is 17.3 Å². The highest BCUT2D eigenvalue weighted by Gasteiger charge is 2.31. The second kappa shape index (κ2) is 9.77. The first kappa shape index (κ1) is 23.5. The third kappa shape index (κ3) is 5.22. The average molecular weight is 490 g/mol. The number of carbonyl (C=O) groups excluding carboxylic acids is 1. The molecule has 35 heavy (non-hydrogen) atoms. The molecule has 1 fully saturated rings. The van der Waals surface area contributed by atoms with Crippen molar-refractivity contribution in [2.24, 2.45) is 15.9 Å². The Balaban J connectivity index is 1.38. The molecular formula is C27H31N5O2S. The number of rotatable bonds is 9. The molecule has 1 aromatic heterocycles. The molecule has 2 heterocycles. The number of hydrogen-bond donors (Lipinski definition) is 0. The van der Waals surface area contributed by atoms with E-state index in [0.717, 1.165) is 50.7 Å². The van der Waals surface area contributed by atoms with Crippen LogP contribution in [0.3, 0.4) is 0 Å². The number of hydrogen-bond acceptors (Lipinski definition) is 7. The topological polar surface area (TPSA) is 70.4 Å². The second-order valence-electron chi connectivity index (χ2n) is 9.53.